The lowest BCUT2D eigenvalue weighted by Gasteiger charge is -2.48. The zero-order chi connectivity index (χ0) is 12.4. The lowest BCUT2D eigenvalue weighted by Crippen LogP contribution is -2.61. The fraction of sp³-hybridized carbons (Fsp3) is 1.00. The first-order valence-corrected chi connectivity index (χ1v) is 6.99. The molecule has 0 saturated carbocycles. The number of hydrogen-bond donors (Lipinski definition) is 0. The quantitative estimate of drug-likeness (QED) is 0.724. The van der Waals surface area contributed by atoms with Gasteiger partial charge in [-0.15, -0.1) is 0 Å². The fourth-order valence-corrected chi connectivity index (χ4v) is 2.59. The molecule has 100 valence electrons. The van der Waals surface area contributed by atoms with Crippen molar-refractivity contribution < 1.29 is 0 Å². The van der Waals surface area contributed by atoms with Crippen LogP contribution in [0, 0.1) is 0 Å². The van der Waals surface area contributed by atoms with E-state index in [1.165, 1.54) is 26.2 Å². The first kappa shape index (κ1) is 13.3. The van der Waals surface area contributed by atoms with Gasteiger partial charge in [0.05, 0.1) is 20.0 Å². The van der Waals surface area contributed by atoms with E-state index in [4.69, 9.17) is 0 Å². The Balaban J connectivity index is 1.63. The molecule has 0 aromatic heterocycles. The Morgan fingerprint density at radius 3 is 1.71 bits per heavy atom. The zero-order valence-electron chi connectivity index (χ0n) is 11.9. The smallest absolute Gasteiger partial charge is 0.0545 e. The standard InChI is InChI=1S/C13H28N4/c1-12(2)16-7-5-14(6-8-16)9-15-10-17(11-15)13(3)4/h12-13H,5-11H2,1-4H3. The molecule has 2 saturated heterocycles. The number of hydrogen-bond acceptors (Lipinski definition) is 4. The van der Waals surface area contributed by atoms with Crippen LogP contribution in [0.4, 0.5) is 0 Å². The van der Waals surface area contributed by atoms with Crippen molar-refractivity contribution in [3.63, 3.8) is 0 Å². The van der Waals surface area contributed by atoms with Gasteiger partial charge in [-0.2, -0.15) is 0 Å². The Hall–Kier alpha value is -0.160. The molecule has 2 aliphatic heterocycles. The van der Waals surface area contributed by atoms with Crippen molar-refractivity contribution in [2.45, 2.75) is 39.8 Å². The molecule has 17 heavy (non-hydrogen) atoms. The van der Waals surface area contributed by atoms with E-state index in [-0.39, 0.29) is 0 Å². The van der Waals surface area contributed by atoms with Crippen LogP contribution in [0.5, 0.6) is 0 Å². The third kappa shape index (κ3) is 3.41. The highest BCUT2D eigenvalue weighted by Gasteiger charge is 2.28. The van der Waals surface area contributed by atoms with Crippen molar-refractivity contribution in [1.29, 1.82) is 0 Å². The molecule has 2 heterocycles. The van der Waals surface area contributed by atoms with E-state index < -0.39 is 0 Å². The van der Waals surface area contributed by atoms with Gasteiger partial charge in [0.15, 0.2) is 0 Å². The molecule has 2 rings (SSSR count). The van der Waals surface area contributed by atoms with Gasteiger partial charge >= 0.3 is 0 Å². The molecule has 0 amide bonds. The molecule has 0 unspecified atom stereocenters. The average molecular weight is 240 g/mol. The molecule has 0 bridgehead atoms. The molecule has 0 atom stereocenters. The summed E-state index contributed by atoms with van der Waals surface area (Å²) in [7, 11) is 0. The normalized spacial score (nSPS) is 25.8. The van der Waals surface area contributed by atoms with Crippen LogP contribution in [-0.2, 0) is 0 Å². The van der Waals surface area contributed by atoms with Crippen molar-refractivity contribution in [3.05, 3.63) is 0 Å². The molecule has 0 N–H and O–H groups in total. The lowest BCUT2D eigenvalue weighted by molar-refractivity contribution is -0.0856. The van der Waals surface area contributed by atoms with Gasteiger partial charge in [0.1, 0.15) is 0 Å². The second kappa shape index (κ2) is 5.65. The van der Waals surface area contributed by atoms with Crippen LogP contribution in [0.25, 0.3) is 0 Å². The van der Waals surface area contributed by atoms with Crippen LogP contribution in [0.1, 0.15) is 27.7 Å². The molecule has 2 aliphatic rings. The summed E-state index contributed by atoms with van der Waals surface area (Å²) in [5.74, 6) is 0. The number of rotatable bonds is 4. The van der Waals surface area contributed by atoms with Gasteiger partial charge in [-0.05, 0) is 27.7 Å². The third-order valence-electron chi connectivity index (χ3n) is 4.03. The highest BCUT2D eigenvalue weighted by Crippen LogP contribution is 2.14. The van der Waals surface area contributed by atoms with Crippen LogP contribution in [0.3, 0.4) is 0 Å². The van der Waals surface area contributed by atoms with Crippen LogP contribution in [-0.4, -0.2) is 77.9 Å². The van der Waals surface area contributed by atoms with E-state index in [9.17, 15) is 0 Å². The van der Waals surface area contributed by atoms with Gasteiger partial charge in [-0.3, -0.25) is 19.6 Å². The molecule has 0 aliphatic carbocycles. The summed E-state index contributed by atoms with van der Waals surface area (Å²) in [5, 5.41) is 0. The topological polar surface area (TPSA) is 13.0 Å². The highest BCUT2D eigenvalue weighted by molar-refractivity contribution is 4.77. The van der Waals surface area contributed by atoms with Gasteiger partial charge in [0.25, 0.3) is 0 Å². The molecule has 2 fully saturated rings. The summed E-state index contributed by atoms with van der Waals surface area (Å²) in [5.41, 5.74) is 0. The second-order valence-electron chi connectivity index (χ2n) is 6.03. The Labute approximate surface area is 106 Å². The maximum absolute atomic E-state index is 2.59. The molecule has 0 aromatic rings. The van der Waals surface area contributed by atoms with E-state index in [2.05, 4.69) is 47.3 Å². The van der Waals surface area contributed by atoms with E-state index >= 15 is 0 Å². The Bertz CT molecular complexity index is 228. The van der Waals surface area contributed by atoms with Crippen molar-refractivity contribution in [1.82, 2.24) is 19.6 Å². The minimum atomic E-state index is 0.698. The summed E-state index contributed by atoms with van der Waals surface area (Å²) in [6.45, 7) is 17.6. The van der Waals surface area contributed by atoms with Crippen molar-refractivity contribution >= 4 is 0 Å². The van der Waals surface area contributed by atoms with Gasteiger partial charge in [0, 0.05) is 38.3 Å². The van der Waals surface area contributed by atoms with Crippen LogP contribution in [0.2, 0.25) is 0 Å². The first-order chi connectivity index (χ1) is 8.06. The summed E-state index contributed by atoms with van der Waals surface area (Å²) in [6.07, 6.45) is 0. The molecule has 0 spiro atoms. The summed E-state index contributed by atoms with van der Waals surface area (Å²) in [6, 6.07) is 1.40. The third-order valence-corrected chi connectivity index (χ3v) is 4.03. The van der Waals surface area contributed by atoms with E-state index in [1.54, 1.807) is 0 Å². The predicted molar refractivity (Wildman–Crippen MR) is 71.7 cm³/mol. The van der Waals surface area contributed by atoms with Crippen molar-refractivity contribution in [3.8, 4) is 0 Å². The van der Waals surface area contributed by atoms with Crippen molar-refractivity contribution in [2.24, 2.45) is 0 Å². The largest absolute Gasteiger partial charge is 0.298 e. The average Bonchev–Trinajstić information content (AvgIpc) is 2.23. The minimum absolute atomic E-state index is 0.698. The van der Waals surface area contributed by atoms with E-state index in [0.29, 0.717) is 12.1 Å². The van der Waals surface area contributed by atoms with Gasteiger partial charge in [0.2, 0.25) is 0 Å². The highest BCUT2D eigenvalue weighted by atomic mass is 15.5. The van der Waals surface area contributed by atoms with Crippen LogP contribution >= 0.6 is 0 Å². The summed E-state index contributed by atoms with van der Waals surface area (Å²) < 4.78 is 0. The monoisotopic (exact) mass is 240 g/mol. The molecule has 4 nitrogen and oxygen atoms in total. The zero-order valence-corrected chi connectivity index (χ0v) is 11.9. The minimum Gasteiger partial charge on any atom is -0.298 e. The second-order valence-corrected chi connectivity index (χ2v) is 6.03. The molecular weight excluding hydrogens is 212 g/mol. The predicted octanol–water partition coefficient (Wildman–Crippen LogP) is 0.911. The van der Waals surface area contributed by atoms with Crippen molar-refractivity contribution in [2.75, 3.05) is 46.2 Å². The Morgan fingerprint density at radius 1 is 0.706 bits per heavy atom. The summed E-state index contributed by atoms with van der Waals surface area (Å²) >= 11 is 0. The lowest BCUT2D eigenvalue weighted by atomic mass is 10.2. The molecular formula is C13H28N4. The fourth-order valence-electron chi connectivity index (χ4n) is 2.59. The molecule has 0 aromatic carbocycles. The maximum atomic E-state index is 2.59. The molecule has 4 heteroatoms. The van der Waals surface area contributed by atoms with Crippen LogP contribution < -0.4 is 0 Å². The Morgan fingerprint density at radius 2 is 1.24 bits per heavy atom. The van der Waals surface area contributed by atoms with E-state index in [1.807, 2.05) is 0 Å². The van der Waals surface area contributed by atoms with Gasteiger partial charge < -0.3 is 0 Å². The number of piperazine rings is 1. The Kier molecular flexibility index (Phi) is 4.42. The van der Waals surface area contributed by atoms with Gasteiger partial charge in [-0.1, -0.05) is 0 Å². The number of nitrogens with zero attached hydrogens (tertiary/aromatic N) is 4. The first-order valence-electron chi connectivity index (χ1n) is 6.99. The summed E-state index contributed by atoms with van der Waals surface area (Å²) in [4.78, 5) is 10.2. The van der Waals surface area contributed by atoms with E-state index in [0.717, 1.165) is 20.0 Å². The molecule has 0 radical (unpaired) electrons. The SMILES string of the molecule is CC(C)N1CCN(CN2CN(C(C)C)C2)CC1. The maximum Gasteiger partial charge on any atom is 0.0545 e. The van der Waals surface area contributed by atoms with Gasteiger partial charge in [-0.25, -0.2) is 0 Å². The van der Waals surface area contributed by atoms with Crippen LogP contribution in [0.15, 0.2) is 0 Å².